The molecule has 0 saturated carbocycles. The smallest absolute Gasteiger partial charge is 0.227 e. The molecule has 0 radical (unpaired) electrons. The molecule has 0 spiro atoms. The van der Waals surface area contributed by atoms with Gasteiger partial charge >= 0.3 is 0 Å². The Kier molecular flexibility index (Phi) is 3.33. The van der Waals surface area contributed by atoms with Crippen LogP contribution in [-0.4, -0.2) is 27.9 Å². The van der Waals surface area contributed by atoms with E-state index in [1.165, 1.54) is 5.57 Å². The van der Waals surface area contributed by atoms with Crippen molar-refractivity contribution in [2.45, 2.75) is 26.2 Å². The molecule has 5 nitrogen and oxygen atoms in total. The Balaban J connectivity index is 1.99. The maximum Gasteiger partial charge on any atom is 0.227 e. The van der Waals surface area contributed by atoms with Crippen LogP contribution in [0.2, 0.25) is 0 Å². The average Bonchev–Trinajstić information content (AvgIpc) is 3.07. The zero-order chi connectivity index (χ0) is 15.8. The van der Waals surface area contributed by atoms with Crippen molar-refractivity contribution >= 4 is 17.2 Å². The molecule has 0 fully saturated rings. The zero-order valence-electron chi connectivity index (χ0n) is 13.0. The second kappa shape index (κ2) is 5.50. The molecule has 116 valence electrons. The number of amides is 1. The highest BCUT2D eigenvalue weighted by molar-refractivity contribution is 6.00. The van der Waals surface area contributed by atoms with Crippen molar-refractivity contribution in [3.05, 3.63) is 47.7 Å². The first-order valence-corrected chi connectivity index (χ1v) is 7.99. The Morgan fingerprint density at radius 3 is 2.96 bits per heavy atom. The number of carbonyl (C=O) groups is 1. The van der Waals surface area contributed by atoms with E-state index in [9.17, 15) is 4.79 Å². The van der Waals surface area contributed by atoms with Gasteiger partial charge in [-0.3, -0.25) is 4.79 Å². The van der Waals surface area contributed by atoms with Crippen LogP contribution < -0.4 is 4.90 Å². The van der Waals surface area contributed by atoms with Crippen LogP contribution in [0.3, 0.4) is 0 Å². The van der Waals surface area contributed by atoms with Gasteiger partial charge in [0.25, 0.3) is 0 Å². The molecule has 1 aliphatic carbocycles. The second-order valence-corrected chi connectivity index (χ2v) is 5.83. The molecular formula is C18H18N4O. The Labute approximate surface area is 134 Å². The molecule has 0 unspecified atom stereocenters. The Hall–Kier alpha value is -2.69. The lowest BCUT2D eigenvalue weighted by molar-refractivity contribution is -0.118. The summed E-state index contributed by atoms with van der Waals surface area (Å²) in [7, 11) is 0. The lowest BCUT2D eigenvalue weighted by atomic mass is 9.90. The maximum absolute atomic E-state index is 12.6. The minimum atomic E-state index is 0.130. The van der Waals surface area contributed by atoms with Crippen LogP contribution in [0.4, 0.5) is 5.69 Å². The van der Waals surface area contributed by atoms with Gasteiger partial charge in [0.05, 0.1) is 5.69 Å². The summed E-state index contributed by atoms with van der Waals surface area (Å²) in [6.45, 7) is 2.52. The fraction of sp³-hybridized carbons (Fsp3) is 0.278. The van der Waals surface area contributed by atoms with Gasteiger partial charge < -0.3 is 4.90 Å². The highest BCUT2D eigenvalue weighted by Gasteiger charge is 2.28. The number of nitrogens with zero attached hydrogens (tertiary/aromatic N) is 3. The first kappa shape index (κ1) is 13.9. The van der Waals surface area contributed by atoms with Crippen molar-refractivity contribution in [3.63, 3.8) is 0 Å². The average molecular weight is 306 g/mol. The molecule has 0 atom stereocenters. The van der Waals surface area contributed by atoms with Crippen molar-refractivity contribution < 1.29 is 4.79 Å². The quantitative estimate of drug-likeness (QED) is 0.879. The first-order valence-electron chi connectivity index (χ1n) is 7.99. The van der Waals surface area contributed by atoms with Crippen LogP contribution in [0.15, 0.2) is 42.0 Å². The summed E-state index contributed by atoms with van der Waals surface area (Å²) in [6, 6.07) is 7.93. The van der Waals surface area contributed by atoms with Gasteiger partial charge in [-0.15, -0.1) is 0 Å². The van der Waals surface area contributed by atoms with E-state index in [1.54, 1.807) is 0 Å². The molecule has 2 aromatic rings. The topological polar surface area (TPSA) is 61.9 Å². The predicted octanol–water partition coefficient (Wildman–Crippen LogP) is 3.33. The van der Waals surface area contributed by atoms with E-state index in [1.807, 2.05) is 36.1 Å². The van der Waals surface area contributed by atoms with E-state index in [0.717, 1.165) is 41.1 Å². The molecule has 1 amide bonds. The van der Waals surface area contributed by atoms with Gasteiger partial charge in [-0.05, 0) is 24.5 Å². The summed E-state index contributed by atoms with van der Waals surface area (Å²) >= 11 is 0. The number of fused-ring (bicyclic) bond motifs is 4. The monoisotopic (exact) mass is 306 g/mol. The molecule has 0 bridgehead atoms. The largest absolute Gasteiger partial charge is 0.308 e. The van der Waals surface area contributed by atoms with Gasteiger partial charge in [-0.25, -0.2) is 0 Å². The number of rotatable bonds is 1. The van der Waals surface area contributed by atoms with E-state index >= 15 is 0 Å². The number of hydrogen-bond acceptors (Lipinski definition) is 3. The summed E-state index contributed by atoms with van der Waals surface area (Å²) in [5, 5.41) is 11.5. The summed E-state index contributed by atoms with van der Waals surface area (Å²) in [5.74, 6) is 0.130. The van der Waals surface area contributed by atoms with Crippen molar-refractivity contribution in [1.29, 1.82) is 0 Å². The Bertz CT molecular complexity index is 831. The molecule has 5 heteroatoms. The molecule has 1 aromatic carbocycles. The third kappa shape index (κ3) is 2.20. The number of nitrogens with one attached hydrogen (secondary N) is 1. The Morgan fingerprint density at radius 1 is 1.26 bits per heavy atom. The summed E-state index contributed by atoms with van der Waals surface area (Å²) in [5.41, 5.74) is 5.90. The van der Waals surface area contributed by atoms with Crippen LogP contribution in [-0.2, 0) is 4.79 Å². The van der Waals surface area contributed by atoms with E-state index in [0.29, 0.717) is 13.0 Å². The molecule has 2 heterocycles. The SMILES string of the molecule is CCC(=O)N1CC2=C(C=CCC2)c2n[nH]nc2-c2ccccc21. The minimum absolute atomic E-state index is 0.130. The highest BCUT2D eigenvalue weighted by Crippen LogP contribution is 2.39. The molecular weight excluding hydrogens is 288 g/mol. The third-order valence-electron chi connectivity index (χ3n) is 4.48. The number of hydrogen-bond donors (Lipinski definition) is 1. The number of allylic oxidation sites excluding steroid dienone is 3. The van der Waals surface area contributed by atoms with Crippen molar-refractivity contribution in [3.8, 4) is 11.3 Å². The van der Waals surface area contributed by atoms with Gasteiger partial charge in [-0.2, -0.15) is 15.4 Å². The number of aromatic amines is 1. The number of aromatic nitrogens is 3. The summed E-state index contributed by atoms with van der Waals surface area (Å²) in [6.07, 6.45) is 6.72. The number of para-hydroxylation sites is 1. The zero-order valence-corrected chi connectivity index (χ0v) is 13.0. The second-order valence-electron chi connectivity index (χ2n) is 5.83. The lowest BCUT2D eigenvalue weighted by Gasteiger charge is -2.29. The molecule has 23 heavy (non-hydrogen) atoms. The van der Waals surface area contributed by atoms with Gasteiger partial charge in [0.1, 0.15) is 11.4 Å². The molecule has 1 N–H and O–H groups in total. The van der Waals surface area contributed by atoms with Crippen LogP contribution in [0.1, 0.15) is 31.9 Å². The molecule has 1 aliphatic heterocycles. The fourth-order valence-corrected chi connectivity index (χ4v) is 3.33. The van der Waals surface area contributed by atoms with Gasteiger partial charge in [-0.1, -0.05) is 37.3 Å². The number of anilines is 1. The van der Waals surface area contributed by atoms with E-state index in [4.69, 9.17) is 0 Å². The van der Waals surface area contributed by atoms with Crippen molar-refractivity contribution in [1.82, 2.24) is 15.4 Å². The molecule has 1 aromatic heterocycles. The highest BCUT2D eigenvalue weighted by atomic mass is 16.2. The summed E-state index contributed by atoms with van der Waals surface area (Å²) in [4.78, 5) is 14.5. The van der Waals surface area contributed by atoms with Crippen LogP contribution in [0.25, 0.3) is 16.8 Å². The minimum Gasteiger partial charge on any atom is -0.308 e. The van der Waals surface area contributed by atoms with E-state index < -0.39 is 0 Å². The maximum atomic E-state index is 12.6. The van der Waals surface area contributed by atoms with Crippen LogP contribution in [0.5, 0.6) is 0 Å². The lowest BCUT2D eigenvalue weighted by Crippen LogP contribution is -2.33. The number of carbonyl (C=O) groups excluding carboxylic acids is 1. The van der Waals surface area contributed by atoms with Gasteiger partial charge in [0.2, 0.25) is 5.91 Å². The molecule has 2 aliphatic rings. The first-order chi connectivity index (χ1) is 11.3. The van der Waals surface area contributed by atoms with Crippen LogP contribution >= 0.6 is 0 Å². The van der Waals surface area contributed by atoms with Gasteiger partial charge in [0, 0.05) is 24.1 Å². The Morgan fingerprint density at radius 2 is 2.09 bits per heavy atom. The van der Waals surface area contributed by atoms with E-state index in [-0.39, 0.29) is 5.91 Å². The normalized spacial score (nSPS) is 16.3. The molecule has 4 rings (SSSR count). The van der Waals surface area contributed by atoms with E-state index in [2.05, 4.69) is 27.6 Å². The summed E-state index contributed by atoms with van der Waals surface area (Å²) < 4.78 is 0. The predicted molar refractivity (Wildman–Crippen MR) is 89.8 cm³/mol. The van der Waals surface area contributed by atoms with Gasteiger partial charge in [0.15, 0.2) is 0 Å². The number of H-pyrrole nitrogens is 1. The molecule has 0 saturated heterocycles. The van der Waals surface area contributed by atoms with Crippen molar-refractivity contribution in [2.24, 2.45) is 0 Å². The van der Waals surface area contributed by atoms with Crippen LogP contribution in [0, 0.1) is 0 Å². The van der Waals surface area contributed by atoms with Crippen molar-refractivity contribution in [2.75, 3.05) is 11.4 Å². The standard InChI is InChI=1S/C18H18N4O/c1-2-16(23)22-11-12-7-3-4-8-13(12)17-18(20-21-19-17)14-9-5-6-10-15(14)22/h4-6,8-10H,2-3,7,11H2,1H3,(H,19,20,21). The third-order valence-corrected chi connectivity index (χ3v) is 4.48. The fourth-order valence-electron chi connectivity index (χ4n) is 3.33. The number of benzene rings is 1.